The van der Waals surface area contributed by atoms with Gasteiger partial charge in [-0.25, -0.2) is 0 Å². The summed E-state index contributed by atoms with van der Waals surface area (Å²) in [7, 11) is -3.31. The fourth-order valence-electron chi connectivity index (χ4n) is 7.06. The Kier molecular flexibility index (Phi) is 26.3. The van der Waals surface area contributed by atoms with E-state index in [0.717, 1.165) is 11.8 Å². The molecule has 2 unspecified atom stereocenters. The van der Waals surface area contributed by atoms with Crippen molar-refractivity contribution in [2.45, 2.75) is 220 Å². The molecule has 0 aromatic heterocycles. The molecular formula is C36H78OSi2. The van der Waals surface area contributed by atoms with Crippen LogP contribution in [-0.2, 0) is 4.12 Å². The smallest absolute Gasteiger partial charge is 0.173 e. The first-order valence-electron chi connectivity index (χ1n) is 18.4. The molecule has 0 saturated heterocycles. The molecule has 0 aliphatic carbocycles. The van der Waals surface area contributed by atoms with Crippen LogP contribution in [0.5, 0.6) is 0 Å². The molecule has 0 radical (unpaired) electrons. The van der Waals surface area contributed by atoms with E-state index < -0.39 is 16.6 Å². The summed E-state index contributed by atoms with van der Waals surface area (Å²) in [6.07, 6.45) is 34.3. The summed E-state index contributed by atoms with van der Waals surface area (Å²) in [5.74, 6) is 1.82. The summed E-state index contributed by atoms with van der Waals surface area (Å²) in [5, 5.41) is 0. The summed E-state index contributed by atoms with van der Waals surface area (Å²) in [5.41, 5.74) is 0. The van der Waals surface area contributed by atoms with Crippen molar-refractivity contribution in [2.24, 2.45) is 11.8 Å². The second kappa shape index (κ2) is 26.1. The highest BCUT2D eigenvalue weighted by molar-refractivity contribution is 6.84. The van der Waals surface area contributed by atoms with E-state index in [-0.39, 0.29) is 0 Å². The monoisotopic (exact) mass is 583 g/mol. The van der Waals surface area contributed by atoms with E-state index in [0.29, 0.717) is 0 Å². The maximum absolute atomic E-state index is 7.34. The van der Waals surface area contributed by atoms with Gasteiger partial charge in [-0.1, -0.05) is 182 Å². The Morgan fingerprint density at radius 2 is 0.590 bits per heavy atom. The molecule has 2 atom stereocenters. The normalized spacial score (nSPS) is 14.2. The van der Waals surface area contributed by atoms with Gasteiger partial charge in [0, 0.05) is 0 Å². The lowest BCUT2D eigenvalue weighted by Crippen LogP contribution is -2.46. The first-order valence-corrected chi connectivity index (χ1v) is 24.6. The first kappa shape index (κ1) is 39.4. The molecule has 0 aromatic rings. The van der Waals surface area contributed by atoms with Crippen molar-refractivity contribution < 1.29 is 4.12 Å². The largest absolute Gasteiger partial charge is 0.455 e. The van der Waals surface area contributed by atoms with Gasteiger partial charge in [0.2, 0.25) is 0 Å². The van der Waals surface area contributed by atoms with Gasteiger partial charge >= 0.3 is 0 Å². The van der Waals surface area contributed by atoms with Gasteiger partial charge in [-0.2, -0.15) is 0 Å². The van der Waals surface area contributed by atoms with Gasteiger partial charge in [0.05, 0.1) is 0 Å². The zero-order chi connectivity index (χ0) is 29.2. The Hall–Kier alpha value is 0.394. The Morgan fingerprint density at radius 3 is 0.872 bits per heavy atom. The van der Waals surface area contributed by atoms with Gasteiger partial charge in [-0.15, -0.1) is 0 Å². The van der Waals surface area contributed by atoms with E-state index in [1.54, 1.807) is 0 Å². The average Bonchev–Trinajstić information content (AvgIpc) is 2.87. The molecule has 0 amide bonds. The fraction of sp³-hybridized carbons (Fsp3) is 1.00. The third kappa shape index (κ3) is 25.8. The van der Waals surface area contributed by atoms with Crippen molar-refractivity contribution in [1.82, 2.24) is 0 Å². The fourth-order valence-corrected chi connectivity index (χ4v) is 17.3. The van der Waals surface area contributed by atoms with Crippen LogP contribution in [0.1, 0.15) is 182 Å². The number of hydrogen-bond acceptors (Lipinski definition) is 1. The minimum absolute atomic E-state index is 0.910. The molecule has 0 saturated carbocycles. The standard InChI is InChI=1S/C36H78OSi2/c1-9-13-17-21-23-27-31-35(29-25-19-15-11-3)33-38(5,6)37-39(7,8)34-36(30-26-20-16-12-4)32-28-24-22-18-14-10-2/h35-36H,9-34H2,1-8H3. The van der Waals surface area contributed by atoms with Gasteiger partial charge in [-0.05, 0) is 50.1 Å². The second-order valence-corrected chi connectivity index (χ2v) is 23.2. The number of rotatable bonds is 30. The maximum Gasteiger partial charge on any atom is 0.173 e. The van der Waals surface area contributed by atoms with E-state index in [2.05, 4.69) is 53.9 Å². The second-order valence-electron chi connectivity index (χ2n) is 14.6. The zero-order valence-corrected chi connectivity index (χ0v) is 30.9. The Bertz CT molecular complexity index is 460. The SMILES string of the molecule is CCCCCCCCC(CCCCCC)C[Si](C)(C)O[Si](C)(C)CC(CCCCCC)CCCCCCCC. The highest BCUT2D eigenvalue weighted by atomic mass is 28.4. The average molecular weight is 583 g/mol. The lowest BCUT2D eigenvalue weighted by Gasteiger charge is -2.38. The third-order valence-corrected chi connectivity index (χ3v) is 16.5. The van der Waals surface area contributed by atoms with Crippen molar-refractivity contribution in [3.8, 4) is 0 Å². The first-order chi connectivity index (χ1) is 18.7. The minimum atomic E-state index is -1.65. The Balaban J connectivity index is 4.95. The predicted molar refractivity (Wildman–Crippen MR) is 186 cm³/mol. The molecule has 0 aromatic carbocycles. The molecule has 0 bridgehead atoms. The summed E-state index contributed by atoms with van der Waals surface area (Å²) in [4.78, 5) is 0. The molecule has 0 heterocycles. The maximum atomic E-state index is 7.34. The van der Waals surface area contributed by atoms with Crippen LogP contribution in [0.25, 0.3) is 0 Å². The van der Waals surface area contributed by atoms with Crippen LogP contribution < -0.4 is 0 Å². The van der Waals surface area contributed by atoms with Crippen molar-refractivity contribution in [3.63, 3.8) is 0 Å². The molecule has 39 heavy (non-hydrogen) atoms. The summed E-state index contributed by atoms with van der Waals surface area (Å²) in [6.45, 7) is 19.6. The van der Waals surface area contributed by atoms with E-state index in [1.807, 2.05) is 0 Å². The summed E-state index contributed by atoms with van der Waals surface area (Å²) >= 11 is 0. The lowest BCUT2D eigenvalue weighted by molar-refractivity contribution is 0.398. The molecule has 0 rings (SSSR count). The summed E-state index contributed by atoms with van der Waals surface area (Å²) in [6, 6.07) is 2.81. The molecule has 1 nitrogen and oxygen atoms in total. The molecule has 0 aliphatic heterocycles. The van der Waals surface area contributed by atoms with E-state index in [4.69, 9.17) is 4.12 Å². The van der Waals surface area contributed by atoms with Crippen LogP contribution >= 0.6 is 0 Å². The molecule has 0 fully saturated rings. The van der Waals surface area contributed by atoms with Gasteiger partial charge in [0.1, 0.15) is 0 Å². The topological polar surface area (TPSA) is 9.23 Å². The van der Waals surface area contributed by atoms with Gasteiger partial charge < -0.3 is 4.12 Å². The summed E-state index contributed by atoms with van der Waals surface area (Å²) < 4.78 is 7.34. The highest BCUT2D eigenvalue weighted by Gasteiger charge is 2.36. The molecule has 3 heteroatoms. The molecular weight excluding hydrogens is 505 g/mol. The van der Waals surface area contributed by atoms with Gasteiger partial charge in [0.25, 0.3) is 0 Å². The van der Waals surface area contributed by atoms with Gasteiger partial charge in [-0.3, -0.25) is 0 Å². The van der Waals surface area contributed by atoms with E-state index in [9.17, 15) is 0 Å². The van der Waals surface area contributed by atoms with Crippen LogP contribution in [-0.4, -0.2) is 16.6 Å². The molecule has 236 valence electrons. The Morgan fingerprint density at radius 1 is 0.359 bits per heavy atom. The zero-order valence-electron chi connectivity index (χ0n) is 28.9. The molecule has 0 N–H and O–H groups in total. The number of hydrogen-bond donors (Lipinski definition) is 0. The van der Waals surface area contributed by atoms with Crippen molar-refractivity contribution in [3.05, 3.63) is 0 Å². The van der Waals surface area contributed by atoms with Crippen molar-refractivity contribution >= 4 is 16.6 Å². The Labute approximate surface area is 252 Å². The van der Waals surface area contributed by atoms with Crippen molar-refractivity contribution in [2.75, 3.05) is 0 Å². The quantitative estimate of drug-likeness (QED) is 0.0604. The van der Waals surface area contributed by atoms with Crippen LogP contribution in [0.3, 0.4) is 0 Å². The van der Waals surface area contributed by atoms with Crippen LogP contribution in [0, 0.1) is 11.8 Å². The van der Waals surface area contributed by atoms with Crippen molar-refractivity contribution in [1.29, 1.82) is 0 Å². The molecule has 0 spiro atoms. The van der Waals surface area contributed by atoms with E-state index in [1.165, 1.54) is 166 Å². The van der Waals surface area contributed by atoms with E-state index >= 15 is 0 Å². The third-order valence-electron chi connectivity index (χ3n) is 8.98. The number of unbranched alkanes of at least 4 members (excludes halogenated alkanes) is 16. The lowest BCUT2D eigenvalue weighted by atomic mass is 9.96. The van der Waals surface area contributed by atoms with Gasteiger partial charge in [0.15, 0.2) is 16.6 Å². The minimum Gasteiger partial charge on any atom is -0.455 e. The molecule has 0 aliphatic rings. The van der Waals surface area contributed by atoms with Crippen LogP contribution in [0.4, 0.5) is 0 Å². The van der Waals surface area contributed by atoms with Crippen LogP contribution in [0.2, 0.25) is 38.3 Å². The predicted octanol–water partition coefficient (Wildman–Crippen LogP) is 14.1. The highest BCUT2D eigenvalue weighted by Crippen LogP contribution is 2.34. The van der Waals surface area contributed by atoms with Crippen LogP contribution in [0.15, 0.2) is 0 Å².